The van der Waals surface area contributed by atoms with Crippen LogP contribution in [0.5, 0.6) is 5.75 Å². The standard InChI is InChI=1S/C15H16FOP/c1-10-6-5-8-13(16)15(10)18-11(2)12-7-3-4-9-14(12)17/h3-9,11,17-18H,1-2H3. The van der Waals surface area contributed by atoms with Crippen LogP contribution in [0.2, 0.25) is 0 Å². The van der Waals surface area contributed by atoms with Gasteiger partial charge in [0.25, 0.3) is 0 Å². The molecule has 0 aliphatic heterocycles. The zero-order chi connectivity index (χ0) is 13.1. The van der Waals surface area contributed by atoms with Gasteiger partial charge in [0.1, 0.15) is 11.6 Å². The molecule has 94 valence electrons. The van der Waals surface area contributed by atoms with Gasteiger partial charge in [-0.3, -0.25) is 0 Å². The topological polar surface area (TPSA) is 20.2 Å². The van der Waals surface area contributed by atoms with Crippen molar-refractivity contribution < 1.29 is 9.50 Å². The van der Waals surface area contributed by atoms with Gasteiger partial charge in [-0.1, -0.05) is 45.8 Å². The lowest BCUT2D eigenvalue weighted by Crippen LogP contribution is -2.07. The molecule has 0 saturated carbocycles. The van der Waals surface area contributed by atoms with Gasteiger partial charge in [0, 0.05) is 16.5 Å². The van der Waals surface area contributed by atoms with Crippen LogP contribution in [0.1, 0.15) is 23.7 Å². The van der Waals surface area contributed by atoms with Crippen LogP contribution in [0.4, 0.5) is 4.39 Å². The van der Waals surface area contributed by atoms with Gasteiger partial charge in [0.05, 0.1) is 0 Å². The van der Waals surface area contributed by atoms with Crippen LogP contribution in [-0.4, -0.2) is 5.11 Å². The third-order valence-electron chi connectivity index (χ3n) is 2.99. The third kappa shape index (κ3) is 2.70. The molecule has 2 unspecified atom stereocenters. The number of hydrogen-bond acceptors (Lipinski definition) is 1. The normalized spacial score (nSPS) is 13.1. The minimum absolute atomic E-state index is 0.113. The van der Waals surface area contributed by atoms with E-state index in [0.29, 0.717) is 8.58 Å². The molecule has 0 aliphatic carbocycles. The molecule has 0 aromatic heterocycles. The SMILES string of the molecule is Cc1cccc(F)c1PC(C)c1ccccc1O. The maximum atomic E-state index is 13.8. The second-order valence-corrected chi connectivity index (χ2v) is 6.01. The van der Waals surface area contributed by atoms with Crippen molar-refractivity contribution in [2.24, 2.45) is 0 Å². The van der Waals surface area contributed by atoms with E-state index in [2.05, 4.69) is 0 Å². The molecule has 2 rings (SSSR count). The highest BCUT2D eigenvalue weighted by atomic mass is 31.1. The Kier molecular flexibility index (Phi) is 3.98. The first-order valence-corrected chi connectivity index (χ1v) is 6.97. The van der Waals surface area contributed by atoms with Gasteiger partial charge in [-0.05, 0) is 24.6 Å². The van der Waals surface area contributed by atoms with Gasteiger partial charge in [-0.15, -0.1) is 0 Å². The van der Waals surface area contributed by atoms with Crippen molar-refractivity contribution in [3.8, 4) is 5.75 Å². The Morgan fingerprint density at radius 3 is 2.50 bits per heavy atom. The van der Waals surface area contributed by atoms with E-state index in [4.69, 9.17) is 0 Å². The number of halogens is 1. The molecule has 0 saturated heterocycles. The molecule has 3 heteroatoms. The smallest absolute Gasteiger partial charge is 0.130 e. The van der Waals surface area contributed by atoms with E-state index in [1.54, 1.807) is 18.2 Å². The second kappa shape index (κ2) is 5.49. The van der Waals surface area contributed by atoms with Crippen molar-refractivity contribution in [3.63, 3.8) is 0 Å². The van der Waals surface area contributed by atoms with Crippen molar-refractivity contribution in [1.29, 1.82) is 0 Å². The summed E-state index contributed by atoms with van der Waals surface area (Å²) in [5.41, 5.74) is 1.95. The van der Waals surface area contributed by atoms with Gasteiger partial charge >= 0.3 is 0 Å². The van der Waals surface area contributed by atoms with Crippen molar-refractivity contribution >= 4 is 13.9 Å². The summed E-state index contributed by atoms with van der Waals surface area (Å²) in [5, 5.41) is 10.6. The van der Waals surface area contributed by atoms with E-state index in [1.165, 1.54) is 6.07 Å². The minimum atomic E-state index is -0.157. The van der Waals surface area contributed by atoms with Crippen LogP contribution < -0.4 is 5.30 Å². The number of para-hydroxylation sites is 1. The first-order chi connectivity index (χ1) is 8.59. The predicted molar refractivity (Wildman–Crippen MR) is 75.6 cm³/mol. The van der Waals surface area contributed by atoms with E-state index in [-0.39, 0.29) is 17.2 Å². The number of rotatable bonds is 3. The Bertz CT molecular complexity index is 534. The molecular formula is C15H16FOP. The highest BCUT2D eigenvalue weighted by Gasteiger charge is 2.14. The summed E-state index contributed by atoms with van der Waals surface area (Å²) in [5.74, 6) is 0.127. The molecule has 0 radical (unpaired) electrons. The molecule has 2 aromatic rings. The molecule has 1 N–H and O–H groups in total. The van der Waals surface area contributed by atoms with Crippen molar-refractivity contribution in [2.75, 3.05) is 0 Å². The Labute approximate surface area is 108 Å². The Hall–Kier alpha value is -1.40. The minimum Gasteiger partial charge on any atom is -0.508 e. The maximum absolute atomic E-state index is 13.8. The first kappa shape index (κ1) is 13.0. The fourth-order valence-electron chi connectivity index (χ4n) is 1.96. The number of phenols is 1. The lowest BCUT2D eigenvalue weighted by molar-refractivity contribution is 0.468. The molecule has 0 amide bonds. The number of benzene rings is 2. The van der Waals surface area contributed by atoms with Crippen LogP contribution in [0.3, 0.4) is 0 Å². The summed E-state index contributed by atoms with van der Waals surface area (Å²) < 4.78 is 13.8. The van der Waals surface area contributed by atoms with Crippen LogP contribution in [0, 0.1) is 12.7 Å². The molecule has 2 aromatic carbocycles. The first-order valence-electron chi connectivity index (χ1n) is 5.89. The third-order valence-corrected chi connectivity index (χ3v) is 4.65. The average Bonchev–Trinajstić information content (AvgIpc) is 2.34. The summed E-state index contributed by atoms with van der Waals surface area (Å²) >= 11 is 0. The zero-order valence-electron chi connectivity index (χ0n) is 10.4. The molecular weight excluding hydrogens is 246 g/mol. The summed E-state index contributed by atoms with van der Waals surface area (Å²) in [6.07, 6.45) is 0. The van der Waals surface area contributed by atoms with E-state index in [1.807, 2.05) is 32.0 Å². The van der Waals surface area contributed by atoms with Gasteiger partial charge in [0.2, 0.25) is 0 Å². The largest absolute Gasteiger partial charge is 0.508 e. The molecule has 1 nitrogen and oxygen atoms in total. The Morgan fingerprint density at radius 2 is 1.83 bits per heavy atom. The quantitative estimate of drug-likeness (QED) is 0.832. The summed E-state index contributed by atoms with van der Waals surface area (Å²) in [6.45, 7) is 3.93. The molecule has 0 bridgehead atoms. The lowest BCUT2D eigenvalue weighted by Gasteiger charge is -2.15. The van der Waals surface area contributed by atoms with Crippen LogP contribution >= 0.6 is 8.58 Å². The zero-order valence-corrected chi connectivity index (χ0v) is 11.4. The fraction of sp³-hybridized carbons (Fsp3) is 0.200. The van der Waals surface area contributed by atoms with Crippen LogP contribution in [0.25, 0.3) is 0 Å². The van der Waals surface area contributed by atoms with E-state index < -0.39 is 0 Å². The monoisotopic (exact) mass is 262 g/mol. The van der Waals surface area contributed by atoms with Gasteiger partial charge in [0.15, 0.2) is 0 Å². The van der Waals surface area contributed by atoms with E-state index in [0.717, 1.165) is 16.4 Å². The number of hydrogen-bond donors (Lipinski definition) is 1. The van der Waals surface area contributed by atoms with Crippen LogP contribution in [0.15, 0.2) is 42.5 Å². The van der Waals surface area contributed by atoms with E-state index >= 15 is 0 Å². The van der Waals surface area contributed by atoms with E-state index in [9.17, 15) is 9.50 Å². The average molecular weight is 262 g/mol. The number of aromatic hydroxyl groups is 1. The van der Waals surface area contributed by atoms with Gasteiger partial charge in [-0.25, -0.2) is 4.39 Å². The Morgan fingerprint density at radius 1 is 1.11 bits per heavy atom. The van der Waals surface area contributed by atoms with Crippen molar-refractivity contribution in [2.45, 2.75) is 19.5 Å². The molecule has 0 spiro atoms. The van der Waals surface area contributed by atoms with Crippen molar-refractivity contribution in [3.05, 3.63) is 59.4 Å². The van der Waals surface area contributed by atoms with Gasteiger partial charge < -0.3 is 5.11 Å². The number of aryl methyl sites for hydroxylation is 1. The predicted octanol–water partition coefficient (Wildman–Crippen LogP) is 3.90. The molecule has 0 heterocycles. The Balaban J connectivity index is 2.27. The molecule has 0 aliphatic rings. The number of phenolic OH excluding ortho intramolecular Hbond substituents is 1. The highest BCUT2D eigenvalue weighted by Crippen LogP contribution is 2.38. The lowest BCUT2D eigenvalue weighted by atomic mass is 10.1. The second-order valence-electron chi connectivity index (χ2n) is 4.36. The fourth-order valence-corrected chi connectivity index (χ4v) is 3.33. The summed E-state index contributed by atoms with van der Waals surface area (Å²) in [6, 6.07) is 12.4. The maximum Gasteiger partial charge on any atom is 0.130 e. The molecule has 18 heavy (non-hydrogen) atoms. The molecule has 2 atom stereocenters. The summed E-state index contributed by atoms with van der Waals surface area (Å²) in [4.78, 5) is 0. The van der Waals surface area contributed by atoms with Gasteiger partial charge in [-0.2, -0.15) is 0 Å². The molecule has 0 fully saturated rings. The van der Waals surface area contributed by atoms with Crippen molar-refractivity contribution in [1.82, 2.24) is 0 Å². The highest BCUT2D eigenvalue weighted by molar-refractivity contribution is 7.47. The summed E-state index contributed by atoms with van der Waals surface area (Å²) in [7, 11) is 0.315. The van der Waals surface area contributed by atoms with Crippen LogP contribution in [-0.2, 0) is 0 Å².